The van der Waals surface area contributed by atoms with Crippen molar-refractivity contribution < 1.29 is 19.1 Å². The molecule has 4 rings (SSSR count). The van der Waals surface area contributed by atoms with E-state index in [0.717, 1.165) is 0 Å². The fourth-order valence-corrected chi connectivity index (χ4v) is 3.61. The molecule has 2 heterocycles. The van der Waals surface area contributed by atoms with Gasteiger partial charge in [0.25, 0.3) is 17.7 Å². The number of benzene rings is 2. The predicted molar refractivity (Wildman–Crippen MR) is 98.9 cm³/mol. The number of rotatable bonds is 4. The highest BCUT2D eigenvalue weighted by Crippen LogP contribution is 2.28. The van der Waals surface area contributed by atoms with E-state index in [0.29, 0.717) is 41.4 Å². The minimum absolute atomic E-state index is 0.101. The molecule has 1 atom stereocenters. The summed E-state index contributed by atoms with van der Waals surface area (Å²) in [4.78, 5) is 40.5. The van der Waals surface area contributed by atoms with Crippen molar-refractivity contribution in [3.63, 3.8) is 0 Å². The van der Waals surface area contributed by atoms with Gasteiger partial charge in [0.1, 0.15) is 5.75 Å². The van der Waals surface area contributed by atoms with E-state index in [4.69, 9.17) is 16.3 Å². The van der Waals surface area contributed by atoms with Crippen LogP contribution in [0, 0.1) is 0 Å². The highest BCUT2D eigenvalue weighted by Gasteiger charge is 2.42. The summed E-state index contributed by atoms with van der Waals surface area (Å²) in [6.07, 6.45) is 0.568. The zero-order valence-corrected chi connectivity index (χ0v) is 15.2. The monoisotopic (exact) mass is 384 g/mol. The summed E-state index contributed by atoms with van der Waals surface area (Å²) in [5, 5.41) is 0.594. The minimum atomic E-state index is -0.308. The Morgan fingerprint density at radius 2 is 1.67 bits per heavy atom. The Hall–Kier alpha value is -2.86. The van der Waals surface area contributed by atoms with Crippen LogP contribution in [-0.4, -0.2) is 53.3 Å². The summed E-state index contributed by atoms with van der Waals surface area (Å²) in [6, 6.07) is 13.3. The van der Waals surface area contributed by atoms with Crippen LogP contribution in [0.25, 0.3) is 0 Å². The van der Waals surface area contributed by atoms with E-state index in [9.17, 15) is 14.4 Å². The first-order chi connectivity index (χ1) is 13.0. The van der Waals surface area contributed by atoms with Crippen LogP contribution in [0.3, 0.4) is 0 Å². The molecule has 0 spiro atoms. The average molecular weight is 385 g/mol. The third-order valence-electron chi connectivity index (χ3n) is 4.88. The van der Waals surface area contributed by atoms with Crippen LogP contribution >= 0.6 is 11.6 Å². The molecule has 1 unspecified atom stereocenters. The van der Waals surface area contributed by atoms with E-state index in [1.807, 2.05) is 0 Å². The second kappa shape index (κ2) is 7.04. The second-order valence-corrected chi connectivity index (χ2v) is 6.99. The number of halogens is 1. The van der Waals surface area contributed by atoms with Crippen molar-refractivity contribution in [1.29, 1.82) is 0 Å². The van der Waals surface area contributed by atoms with Gasteiger partial charge in [0.15, 0.2) is 6.61 Å². The Balaban J connectivity index is 1.37. The van der Waals surface area contributed by atoms with Gasteiger partial charge in [-0.15, -0.1) is 0 Å². The van der Waals surface area contributed by atoms with E-state index in [1.165, 1.54) is 4.90 Å². The summed E-state index contributed by atoms with van der Waals surface area (Å²) in [6.45, 7) is 0.714. The van der Waals surface area contributed by atoms with Crippen molar-refractivity contribution >= 4 is 29.3 Å². The molecule has 1 fully saturated rings. The summed E-state index contributed by atoms with van der Waals surface area (Å²) < 4.78 is 5.49. The topological polar surface area (TPSA) is 66.9 Å². The van der Waals surface area contributed by atoms with Crippen LogP contribution in [0.5, 0.6) is 5.75 Å². The van der Waals surface area contributed by atoms with Crippen LogP contribution < -0.4 is 4.74 Å². The van der Waals surface area contributed by atoms with Gasteiger partial charge in [-0.1, -0.05) is 23.7 Å². The zero-order chi connectivity index (χ0) is 19.0. The van der Waals surface area contributed by atoms with Crippen LogP contribution in [-0.2, 0) is 4.79 Å². The van der Waals surface area contributed by atoms with Crippen LogP contribution in [0.2, 0.25) is 5.02 Å². The number of nitrogens with zero attached hydrogens (tertiary/aromatic N) is 2. The molecular formula is C20H17ClN2O4. The number of amides is 3. The molecular weight excluding hydrogens is 368 g/mol. The Morgan fingerprint density at radius 1 is 1.04 bits per heavy atom. The minimum Gasteiger partial charge on any atom is -0.484 e. The lowest BCUT2D eigenvalue weighted by molar-refractivity contribution is -0.132. The molecule has 0 aliphatic carbocycles. The van der Waals surface area contributed by atoms with Gasteiger partial charge in [0.05, 0.1) is 17.2 Å². The highest BCUT2D eigenvalue weighted by atomic mass is 35.5. The molecule has 2 aliphatic heterocycles. The van der Waals surface area contributed by atoms with Crippen molar-refractivity contribution in [3.8, 4) is 5.75 Å². The normalized spacial score (nSPS) is 18.8. The molecule has 138 valence electrons. The van der Waals surface area contributed by atoms with E-state index in [1.54, 1.807) is 53.4 Å². The van der Waals surface area contributed by atoms with Gasteiger partial charge in [-0.2, -0.15) is 0 Å². The number of carbonyl (C=O) groups excluding carboxylic acids is 3. The Bertz CT molecular complexity index is 877. The van der Waals surface area contributed by atoms with Crippen molar-refractivity contribution in [1.82, 2.24) is 9.80 Å². The number of fused-ring (bicyclic) bond motifs is 1. The molecule has 0 aromatic heterocycles. The largest absolute Gasteiger partial charge is 0.484 e. The maximum absolute atomic E-state index is 12.6. The molecule has 1 saturated heterocycles. The first-order valence-electron chi connectivity index (χ1n) is 8.67. The maximum Gasteiger partial charge on any atom is 0.261 e. The van der Waals surface area contributed by atoms with E-state index < -0.39 is 0 Å². The average Bonchev–Trinajstić information content (AvgIpc) is 3.25. The first-order valence-corrected chi connectivity index (χ1v) is 9.05. The van der Waals surface area contributed by atoms with Crippen molar-refractivity contribution in [2.75, 3.05) is 19.7 Å². The third-order valence-corrected chi connectivity index (χ3v) is 5.13. The summed E-state index contributed by atoms with van der Waals surface area (Å²) in [7, 11) is 0. The number of hydrogen-bond acceptors (Lipinski definition) is 4. The highest BCUT2D eigenvalue weighted by molar-refractivity contribution is 6.30. The van der Waals surface area contributed by atoms with Gasteiger partial charge in [-0.3, -0.25) is 19.3 Å². The smallest absolute Gasteiger partial charge is 0.261 e. The van der Waals surface area contributed by atoms with Gasteiger partial charge >= 0.3 is 0 Å². The predicted octanol–water partition coefficient (Wildman–Crippen LogP) is 2.62. The fourth-order valence-electron chi connectivity index (χ4n) is 3.49. The quantitative estimate of drug-likeness (QED) is 0.760. The molecule has 3 amide bonds. The molecule has 0 N–H and O–H groups in total. The summed E-state index contributed by atoms with van der Waals surface area (Å²) in [5.41, 5.74) is 0.858. The summed E-state index contributed by atoms with van der Waals surface area (Å²) in [5.74, 6) is -0.187. The van der Waals surface area contributed by atoms with Gasteiger partial charge in [-0.25, -0.2) is 0 Å². The number of carbonyl (C=O) groups is 3. The lowest BCUT2D eigenvalue weighted by Crippen LogP contribution is -2.43. The molecule has 2 aromatic rings. The van der Waals surface area contributed by atoms with Gasteiger partial charge in [0.2, 0.25) is 0 Å². The SMILES string of the molecule is O=C(COc1ccc(Cl)cc1)N1CCC(N2C(=O)c3ccccc3C2=O)C1. The number of likely N-dealkylation sites (tertiary alicyclic amines) is 1. The Labute approximate surface area is 161 Å². The molecule has 27 heavy (non-hydrogen) atoms. The summed E-state index contributed by atoms with van der Waals surface area (Å²) >= 11 is 5.82. The zero-order valence-electron chi connectivity index (χ0n) is 14.4. The molecule has 6 nitrogen and oxygen atoms in total. The van der Waals surface area contributed by atoms with Crippen LogP contribution in [0.4, 0.5) is 0 Å². The number of ether oxygens (including phenoxy) is 1. The number of imide groups is 1. The molecule has 7 heteroatoms. The van der Waals surface area contributed by atoms with Gasteiger partial charge in [0, 0.05) is 18.1 Å². The molecule has 0 saturated carbocycles. The van der Waals surface area contributed by atoms with E-state index in [2.05, 4.69) is 0 Å². The lowest BCUT2D eigenvalue weighted by atomic mass is 10.1. The van der Waals surface area contributed by atoms with Crippen molar-refractivity contribution in [3.05, 3.63) is 64.7 Å². The second-order valence-electron chi connectivity index (χ2n) is 6.55. The third kappa shape index (κ3) is 3.28. The van der Waals surface area contributed by atoms with Gasteiger partial charge in [-0.05, 0) is 42.8 Å². The number of hydrogen-bond donors (Lipinski definition) is 0. The fraction of sp³-hybridized carbons (Fsp3) is 0.250. The van der Waals surface area contributed by atoms with E-state index >= 15 is 0 Å². The molecule has 0 radical (unpaired) electrons. The van der Waals surface area contributed by atoms with Crippen molar-refractivity contribution in [2.24, 2.45) is 0 Å². The Kier molecular flexibility index (Phi) is 4.58. The van der Waals surface area contributed by atoms with Gasteiger partial charge < -0.3 is 9.64 Å². The van der Waals surface area contributed by atoms with Crippen LogP contribution in [0.15, 0.2) is 48.5 Å². The standard InChI is InChI=1S/C20H17ClN2O4/c21-13-5-7-15(8-6-13)27-12-18(24)22-10-9-14(11-22)23-19(25)16-3-1-2-4-17(16)20(23)26/h1-8,14H,9-12H2. The van der Waals surface area contributed by atoms with Crippen molar-refractivity contribution in [2.45, 2.75) is 12.5 Å². The van der Waals surface area contributed by atoms with E-state index in [-0.39, 0.29) is 30.4 Å². The lowest BCUT2D eigenvalue weighted by Gasteiger charge is -2.22. The van der Waals surface area contributed by atoms with Crippen LogP contribution in [0.1, 0.15) is 27.1 Å². The maximum atomic E-state index is 12.6. The molecule has 0 bridgehead atoms. The Morgan fingerprint density at radius 3 is 2.30 bits per heavy atom. The molecule has 2 aromatic carbocycles. The first kappa shape index (κ1) is 17.5. The molecule has 2 aliphatic rings.